The molecule has 5 nitrogen and oxygen atoms in total. The maximum atomic E-state index is 13.0. The zero-order valence-corrected chi connectivity index (χ0v) is 12.1. The summed E-state index contributed by atoms with van der Waals surface area (Å²) in [4.78, 5) is 25.9. The summed E-state index contributed by atoms with van der Waals surface area (Å²) in [5.74, 6) is -0.882. The smallest absolute Gasteiger partial charge is 0.326 e. The van der Waals surface area contributed by atoms with E-state index in [2.05, 4.69) is 0 Å². The Hall–Kier alpha value is -1.10. The Kier molecular flexibility index (Phi) is 5.02. The largest absolute Gasteiger partial charge is 0.480 e. The Morgan fingerprint density at radius 2 is 1.75 bits per heavy atom. The van der Waals surface area contributed by atoms with E-state index < -0.39 is 17.4 Å². The molecule has 3 N–H and O–H groups in total. The van der Waals surface area contributed by atoms with Crippen molar-refractivity contribution in [2.24, 2.45) is 11.1 Å². The number of nitrogens with two attached hydrogens (primary N) is 1. The van der Waals surface area contributed by atoms with Gasteiger partial charge in [0, 0.05) is 13.1 Å². The van der Waals surface area contributed by atoms with Gasteiger partial charge in [0.05, 0.1) is 5.41 Å². The highest BCUT2D eigenvalue weighted by Crippen LogP contribution is 2.37. The third-order valence-corrected chi connectivity index (χ3v) is 4.95. The topological polar surface area (TPSA) is 83.6 Å². The summed E-state index contributed by atoms with van der Waals surface area (Å²) < 4.78 is 0. The predicted molar refractivity (Wildman–Crippen MR) is 76.2 cm³/mol. The number of likely N-dealkylation sites (tertiary alicyclic amines) is 1. The van der Waals surface area contributed by atoms with Gasteiger partial charge in [0.2, 0.25) is 5.91 Å². The van der Waals surface area contributed by atoms with E-state index in [4.69, 9.17) is 5.73 Å². The first-order chi connectivity index (χ1) is 9.60. The Balaban J connectivity index is 2.19. The van der Waals surface area contributed by atoms with Crippen molar-refractivity contribution < 1.29 is 14.7 Å². The lowest BCUT2D eigenvalue weighted by Gasteiger charge is -2.40. The van der Waals surface area contributed by atoms with Crippen molar-refractivity contribution in [1.82, 2.24) is 4.90 Å². The second kappa shape index (κ2) is 6.57. The molecule has 1 heterocycles. The third-order valence-electron chi connectivity index (χ3n) is 4.95. The molecule has 2 fully saturated rings. The molecular formula is C15H26N2O3. The van der Waals surface area contributed by atoms with Crippen LogP contribution < -0.4 is 5.73 Å². The molecular weight excluding hydrogens is 256 g/mol. The molecule has 0 aromatic rings. The predicted octanol–water partition coefficient (Wildman–Crippen LogP) is 1.75. The fourth-order valence-corrected chi connectivity index (χ4v) is 3.65. The van der Waals surface area contributed by atoms with Gasteiger partial charge in [0.15, 0.2) is 0 Å². The van der Waals surface area contributed by atoms with Crippen LogP contribution in [0.4, 0.5) is 0 Å². The Morgan fingerprint density at radius 1 is 1.10 bits per heavy atom. The average molecular weight is 282 g/mol. The van der Waals surface area contributed by atoms with Crippen molar-refractivity contribution in [3.8, 4) is 0 Å². The van der Waals surface area contributed by atoms with Crippen molar-refractivity contribution in [2.75, 3.05) is 13.1 Å². The molecule has 20 heavy (non-hydrogen) atoms. The number of piperidine rings is 1. The molecule has 1 saturated heterocycles. The number of amides is 1. The van der Waals surface area contributed by atoms with Crippen molar-refractivity contribution in [2.45, 2.75) is 63.8 Å². The first kappa shape index (κ1) is 15.3. The zero-order chi connectivity index (χ0) is 14.6. The summed E-state index contributed by atoms with van der Waals surface area (Å²) in [6.07, 6.45) is 8.32. The summed E-state index contributed by atoms with van der Waals surface area (Å²) in [7, 11) is 0. The normalized spacial score (nSPS) is 26.9. The Bertz CT molecular complexity index is 362. The SMILES string of the molecule is NCC1(C(=O)N2CCCCC2C(=O)O)CCCCCC1. The minimum Gasteiger partial charge on any atom is -0.480 e. The second-order valence-corrected chi connectivity index (χ2v) is 6.25. The molecule has 0 bridgehead atoms. The molecule has 0 spiro atoms. The molecule has 1 aliphatic heterocycles. The minimum atomic E-state index is -0.876. The standard InChI is InChI=1S/C15H26N2O3/c16-11-15(8-4-1-2-5-9-15)14(20)17-10-6-3-7-12(17)13(18)19/h12H,1-11,16H2,(H,18,19). The van der Waals surface area contributed by atoms with E-state index >= 15 is 0 Å². The first-order valence-corrected chi connectivity index (χ1v) is 7.85. The molecule has 1 saturated carbocycles. The van der Waals surface area contributed by atoms with Gasteiger partial charge in [-0.05, 0) is 32.1 Å². The van der Waals surface area contributed by atoms with Gasteiger partial charge in [0.25, 0.3) is 0 Å². The van der Waals surface area contributed by atoms with Gasteiger partial charge in [-0.1, -0.05) is 25.7 Å². The third kappa shape index (κ3) is 2.97. The molecule has 5 heteroatoms. The van der Waals surface area contributed by atoms with E-state index in [1.807, 2.05) is 0 Å². The van der Waals surface area contributed by atoms with Crippen LogP contribution in [0, 0.1) is 5.41 Å². The first-order valence-electron chi connectivity index (χ1n) is 7.85. The van der Waals surface area contributed by atoms with Crippen LogP contribution in [0.3, 0.4) is 0 Å². The lowest BCUT2D eigenvalue weighted by molar-refractivity contribution is -0.157. The van der Waals surface area contributed by atoms with Crippen molar-refractivity contribution in [3.05, 3.63) is 0 Å². The van der Waals surface area contributed by atoms with Crippen LogP contribution in [0.1, 0.15) is 57.8 Å². The summed E-state index contributed by atoms with van der Waals surface area (Å²) >= 11 is 0. The number of rotatable bonds is 3. The number of nitrogens with zero attached hydrogens (tertiary/aromatic N) is 1. The molecule has 0 aromatic carbocycles. The monoisotopic (exact) mass is 282 g/mol. The number of carboxylic acids is 1. The maximum absolute atomic E-state index is 13.0. The second-order valence-electron chi connectivity index (χ2n) is 6.25. The quantitative estimate of drug-likeness (QED) is 0.772. The average Bonchev–Trinajstić information content (AvgIpc) is 2.72. The molecule has 0 aromatic heterocycles. The van der Waals surface area contributed by atoms with Crippen molar-refractivity contribution >= 4 is 11.9 Å². The van der Waals surface area contributed by atoms with Crippen LogP contribution in [0.2, 0.25) is 0 Å². The highest BCUT2D eigenvalue weighted by atomic mass is 16.4. The summed E-state index contributed by atoms with van der Waals surface area (Å²) in [5.41, 5.74) is 5.43. The molecule has 0 radical (unpaired) electrons. The molecule has 1 atom stereocenters. The molecule has 2 aliphatic rings. The molecule has 1 aliphatic carbocycles. The van der Waals surface area contributed by atoms with Crippen LogP contribution in [0.15, 0.2) is 0 Å². The molecule has 1 unspecified atom stereocenters. The summed E-state index contributed by atoms with van der Waals surface area (Å²) in [5, 5.41) is 9.34. The molecule has 2 rings (SSSR count). The molecule has 1 amide bonds. The van der Waals surface area contributed by atoms with Gasteiger partial charge in [-0.3, -0.25) is 4.79 Å². The van der Waals surface area contributed by atoms with Crippen LogP contribution in [-0.4, -0.2) is 41.0 Å². The van der Waals surface area contributed by atoms with E-state index in [1.165, 1.54) is 0 Å². The number of hydrogen-bond donors (Lipinski definition) is 2. The van der Waals surface area contributed by atoms with E-state index in [-0.39, 0.29) is 5.91 Å². The lowest BCUT2D eigenvalue weighted by atomic mass is 9.78. The van der Waals surface area contributed by atoms with E-state index in [0.717, 1.165) is 51.4 Å². The highest BCUT2D eigenvalue weighted by molar-refractivity contribution is 5.88. The fourth-order valence-electron chi connectivity index (χ4n) is 3.65. The highest BCUT2D eigenvalue weighted by Gasteiger charge is 2.44. The van der Waals surface area contributed by atoms with Crippen LogP contribution in [-0.2, 0) is 9.59 Å². The van der Waals surface area contributed by atoms with Gasteiger partial charge in [-0.15, -0.1) is 0 Å². The van der Waals surface area contributed by atoms with Crippen molar-refractivity contribution in [1.29, 1.82) is 0 Å². The van der Waals surface area contributed by atoms with Gasteiger partial charge >= 0.3 is 5.97 Å². The summed E-state index contributed by atoms with van der Waals surface area (Å²) in [6.45, 7) is 0.909. The minimum absolute atomic E-state index is 0.00556. The van der Waals surface area contributed by atoms with Crippen LogP contribution in [0.5, 0.6) is 0 Å². The number of carbonyl (C=O) groups excluding carboxylic acids is 1. The summed E-state index contributed by atoms with van der Waals surface area (Å²) in [6, 6.07) is -0.650. The van der Waals surface area contributed by atoms with Gasteiger partial charge in [0.1, 0.15) is 6.04 Å². The van der Waals surface area contributed by atoms with E-state index in [1.54, 1.807) is 4.90 Å². The maximum Gasteiger partial charge on any atom is 0.326 e. The number of aliphatic carboxylic acids is 1. The number of carbonyl (C=O) groups is 2. The van der Waals surface area contributed by atoms with E-state index in [9.17, 15) is 14.7 Å². The lowest BCUT2D eigenvalue weighted by Crippen LogP contribution is -2.55. The number of hydrogen-bond acceptors (Lipinski definition) is 3. The van der Waals surface area contributed by atoms with Crippen LogP contribution in [0.25, 0.3) is 0 Å². The fraction of sp³-hybridized carbons (Fsp3) is 0.867. The van der Waals surface area contributed by atoms with Crippen LogP contribution >= 0.6 is 0 Å². The van der Waals surface area contributed by atoms with E-state index in [0.29, 0.717) is 19.5 Å². The Labute approximate surface area is 120 Å². The molecule has 114 valence electrons. The Morgan fingerprint density at radius 3 is 2.30 bits per heavy atom. The van der Waals surface area contributed by atoms with Gasteiger partial charge < -0.3 is 15.7 Å². The number of carboxylic acid groups (broad SMARTS) is 1. The van der Waals surface area contributed by atoms with Crippen molar-refractivity contribution in [3.63, 3.8) is 0 Å². The van der Waals surface area contributed by atoms with Gasteiger partial charge in [-0.2, -0.15) is 0 Å². The van der Waals surface area contributed by atoms with Gasteiger partial charge in [-0.25, -0.2) is 4.79 Å². The zero-order valence-electron chi connectivity index (χ0n) is 12.1.